The Morgan fingerprint density at radius 1 is 1.25 bits per heavy atom. The fourth-order valence-electron chi connectivity index (χ4n) is 3.53. The Morgan fingerprint density at radius 3 is 2.50 bits per heavy atom. The van der Waals surface area contributed by atoms with Crippen LogP contribution in [-0.2, 0) is 9.59 Å². The molecule has 1 aliphatic heterocycles. The predicted octanol–water partition coefficient (Wildman–Crippen LogP) is 2.09. The SMILES string of the molecule is CC1CCCCC1NC(=O)C1C(=O)NCC1C(C)(C)C. The first-order valence-corrected chi connectivity index (χ1v) is 7.89. The lowest BCUT2D eigenvalue weighted by atomic mass is 9.74. The van der Waals surface area contributed by atoms with Gasteiger partial charge in [0.1, 0.15) is 5.92 Å². The Labute approximate surface area is 122 Å². The number of nitrogens with one attached hydrogen (secondary N) is 2. The highest BCUT2D eigenvalue weighted by Crippen LogP contribution is 2.35. The molecule has 2 amide bonds. The molecule has 0 aromatic carbocycles. The molecule has 4 atom stereocenters. The molecule has 1 heterocycles. The quantitative estimate of drug-likeness (QED) is 0.761. The molecule has 4 heteroatoms. The van der Waals surface area contributed by atoms with E-state index >= 15 is 0 Å². The summed E-state index contributed by atoms with van der Waals surface area (Å²) in [4.78, 5) is 24.6. The van der Waals surface area contributed by atoms with Gasteiger partial charge in [-0.05, 0) is 24.2 Å². The van der Waals surface area contributed by atoms with Crippen molar-refractivity contribution in [2.75, 3.05) is 6.54 Å². The zero-order valence-electron chi connectivity index (χ0n) is 13.2. The minimum atomic E-state index is -0.524. The minimum Gasteiger partial charge on any atom is -0.355 e. The topological polar surface area (TPSA) is 58.2 Å². The first-order chi connectivity index (χ1) is 9.30. The molecule has 2 N–H and O–H groups in total. The Hall–Kier alpha value is -1.06. The Balaban J connectivity index is 2.04. The standard InChI is InChI=1S/C16H28N2O2/c1-10-7-5-6-8-12(10)18-15(20)13-11(16(2,3)4)9-17-14(13)19/h10-13H,5-9H2,1-4H3,(H,17,19)(H,18,20). The van der Waals surface area contributed by atoms with Crippen LogP contribution in [0.5, 0.6) is 0 Å². The van der Waals surface area contributed by atoms with E-state index in [1.165, 1.54) is 19.3 Å². The highest BCUT2D eigenvalue weighted by molar-refractivity contribution is 6.02. The van der Waals surface area contributed by atoms with Gasteiger partial charge in [-0.15, -0.1) is 0 Å². The summed E-state index contributed by atoms with van der Waals surface area (Å²) in [6.45, 7) is 9.10. The zero-order valence-corrected chi connectivity index (χ0v) is 13.2. The van der Waals surface area contributed by atoms with E-state index < -0.39 is 5.92 Å². The third-order valence-electron chi connectivity index (χ3n) is 5.02. The van der Waals surface area contributed by atoms with Gasteiger partial charge >= 0.3 is 0 Å². The van der Waals surface area contributed by atoms with E-state index in [1.807, 2.05) is 0 Å². The van der Waals surface area contributed by atoms with Crippen LogP contribution in [0.15, 0.2) is 0 Å². The van der Waals surface area contributed by atoms with Crippen LogP contribution in [0.4, 0.5) is 0 Å². The number of amides is 2. The Kier molecular flexibility index (Phi) is 4.40. The molecule has 0 aromatic rings. The van der Waals surface area contributed by atoms with Crippen molar-refractivity contribution in [1.29, 1.82) is 0 Å². The van der Waals surface area contributed by atoms with Crippen LogP contribution < -0.4 is 10.6 Å². The molecule has 0 aromatic heterocycles. The summed E-state index contributed by atoms with van der Waals surface area (Å²) < 4.78 is 0. The van der Waals surface area contributed by atoms with Gasteiger partial charge in [-0.25, -0.2) is 0 Å². The van der Waals surface area contributed by atoms with Crippen LogP contribution in [0.2, 0.25) is 0 Å². The van der Waals surface area contributed by atoms with Crippen LogP contribution in [0.1, 0.15) is 53.4 Å². The Bertz CT molecular complexity index is 386. The summed E-state index contributed by atoms with van der Waals surface area (Å²) in [7, 11) is 0. The van der Waals surface area contributed by atoms with Crippen molar-refractivity contribution in [3.05, 3.63) is 0 Å². The smallest absolute Gasteiger partial charge is 0.233 e. The van der Waals surface area contributed by atoms with Gasteiger partial charge in [-0.3, -0.25) is 9.59 Å². The highest BCUT2D eigenvalue weighted by atomic mass is 16.2. The summed E-state index contributed by atoms with van der Waals surface area (Å²) in [6.07, 6.45) is 4.64. The van der Waals surface area contributed by atoms with Crippen LogP contribution in [-0.4, -0.2) is 24.4 Å². The van der Waals surface area contributed by atoms with Crippen molar-refractivity contribution < 1.29 is 9.59 Å². The highest BCUT2D eigenvalue weighted by Gasteiger charge is 2.46. The van der Waals surface area contributed by atoms with Crippen LogP contribution in [0.3, 0.4) is 0 Å². The number of hydrogen-bond donors (Lipinski definition) is 2. The fourth-order valence-corrected chi connectivity index (χ4v) is 3.53. The zero-order chi connectivity index (χ0) is 14.9. The molecule has 2 rings (SSSR count). The van der Waals surface area contributed by atoms with Crippen molar-refractivity contribution in [3.63, 3.8) is 0 Å². The van der Waals surface area contributed by atoms with Crippen molar-refractivity contribution in [2.24, 2.45) is 23.2 Å². The number of carbonyl (C=O) groups is 2. The van der Waals surface area contributed by atoms with Gasteiger partial charge in [0.2, 0.25) is 11.8 Å². The van der Waals surface area contributed by atoms with Crippen LogP contribution >= 0.6 is 0 Å². The number of carbonyl (C=O) groups excluding carboxylic acids is 2. The molecular weight excluding hydrogens is 252 g/mol. The third kappa shape index (κ3) is 3.15. The van der Waals surface area contributed by atoms with E-state index in [1.54, 1.807) is 0 Å². The van der Waals surface area contributed by atoms with Crippen molar-refractivity contribution in [1.82, 2.24) is 10.6 Å². The van der Waals surface area contributed by atoms with E-state index in [-0.39, 0.29) is 29.2 Å². The van der Waals surface area contributed by atoms with Gasteiger partial charge in [0.15, 0.2) is 0 Å². The average molecular weight is 280 g/mol. The van der Waals surface area contributed by atoms with Gasteiger partial charge in [0.05, 0.1) is 0 Å². The second kappa shape index (κ2) is 5.74. The van der Waals surface area contributed by atoms with Crippen molar-refractivity contribution >= 4 is 11.8 Å². The Morgan fingerprint density at radius 2 is 1.90 bits per heavy atom. The summed E-state index contributed by atoms with van der Waals surface area (Å²) in [6, 6.07) is 0.241. The normalized spacial score (nSPS) is 34.7. The van der Waals surface area contributed by atoms with Crippen molar-refractivity contribution in [2.45, 2.75) is 59.4 Å². The maximum Gasteiger partial charge on any atom is 0.233 e. The number of hydrogen-bond acceptors (Lipinski definition) is 2. The minimum absolute atomic E-state index is 0.0423. The summed E-state index contributed by atoms with van der Waals surface area (Å²) in [5, 5.41) is 6.00. The summed E-state index contributed by atoms with van der Waals surface area (Å²) >= 11 is 0. The lowest BCUT2D eigenvalue weighted by Gasteiger charge is -2.33. The first-order valence-electron chi connectivity index (χ1n) is 7.89. The first kappa shape index (κ1) is 15.3. The molecule has 2 fully saturated rings. The van der Waals surface area contributed by atoms with Gasteiger partial charge < -0.3 is 10.6 Å². The van der Waals surface area contributed by atoms with E-state index in [0.29, 0.717) is 12.5 Å². The molecule has 20 heavy (non-hydrogen) atoms. The van der Waals surface area contributed by atoms with Gasteiger partial charge in [0, 0.05) is 18.5 Å². The molecule has 1 saturated carbocycles. The molecule has 4 nitrogen and oxygen atoms in total. The van der Waals surface area contributed by atoms with E-state index in [9.17, 15) is 9.59 Å². The summed E-state index contributed by atoms with van der Waals surface area (Å²) in [5.41, 5.74) is -0.0423. The van der Waals surface area contributed by atoms with E-state index in [2.05, 4.69) is 38.3 Å². The fraction of sp³-hybridized carbons (Fsp3) is 0.875. The second-order valence-electron chi connectivity index (χ2n) is 7.57. The van der Waals surface area contributed by atoms with Gasteiger partial charge in [-0.2, -0.15) is 0 Å². The molecule has 2 aliphatic rings. The summed E-state index contributed by atoms with van der Waals surface area (Å²) in [5.74, 6) is -0.104. The molecule has 0 bridgehead atoms. The van der Waals surface area contributed by atoms with E-state index in [0.717, 1.165) is 6.42 Å². The predicted molar refractivity (Wildman–Crippen MR) is 79.0 cm³/mol. The van der Waals surface area contributed by atoms with Crippen molar-refractivity contribution in [3.8, 4) is 0 Å². The molecular formula is C16H28N2O2. The maximum atomic E-state index is 12.6. The lowest BCUT2D eigenvalue weighted by Crippen LogP contribution is -2.47. The average Bonchev–Trinajstić information content (AvgIpc) is 2.74. The number of rotatable bonds is 2. The molecule has 4 unspecified atom stereocenters. The van der Waals surface area contributed by atoms with Gasteiger partial charge in [-0.1, -0.05) is 40.5 Å². The largest absolute Gasteiger partial charge is 0.355 e. The molecule has 0 radical (unpaired) electrons. The van der Waals surface area contributed by atoms with E-state index in [4.69, 9.17) is 0 Å². The molecule has 114 valence electrons. The molecule has 1 saturated heterocycles. The molecule has 1 aliphatic carbocycles. The maximum absolute atomic E-state index is 12.6. The third-order valence-corrected chi connectivity index (χ3v) is 5.02. The lowest BCUT2D eigenvalue weighted by molar-refractivity contribution is -0.136. The van der Waals surface area contributed by atoms with Gasteiger partial charge in [0.25, 0.3) is 0 Å². The molecule has 0 spiro atoms. The second-order valence-corrected chi connectivity index (χ2v) is 7.57. The van der Waals surface area contributed by atoms with Crippen LogP contribution in [0, 0.1) is 23.2 Å². The monoisotopic (exact) mass is 280 g/mol. The van der Waals surface area contributed by atoms with Crippen LogP contribution in [0.25, 0.3) is 0 Å².